The minimum absolute atomic E-state index is 0.0275. The SMILES string of the molecule is CNC1(C)C=CC=C(Nc2cc3[nH]c(-c4cncn4C)cc3cn2)C1. The molecule has 3 N–H and O–H groups in total. The van der Waals surface area contributed by atoms with Crippen molar-refractivity contribution in [1.82, 2.24) is 24.8 Å². The highest BCUT2D eigenvalue weighted by Gasteiger charge is 2.22. The second-order valence-electron chi connectivity index (χ2n) is 6.75. The summed E-state index contributed by atoms with van der Waals surface area (Å²) in [6.07, 6.45) is 12.8. The van der Waals surface area contributed by atoms with E-state index in [0.717, 1.165) is 40.2 Å². The number of aromatic amines is 1. The van der Waals surface area contributed by atoms with E-state index in [4.69, 9.17) is 0 Å². The van der Waals surface area contributed by atoms with Crippen LogP contribution in [0.25, 0.3) is 22.3 Å². The van der Waals surface area contributed by atoms with Gasteiger partial charge in [-0.05, 0) is 26.1 Å². The summed E-state index contributed by atoms with van der Waals surface area (Å²) in [6.45, 7) is 2.18. The van der Waals surface area contributed by atoms with Crippen molar-refractivity contribution in [1.29, 1.82) is 0 Å². The zero-order valence-electron chi connectivity index (χ0n) is 14.7. The molecule has 3 aromatic heterocycles. The predicted octanol–water partition coefficient (Wildman–Crippen LogP) is 3.20. The van der Waals surface area contributed by atoms with Crippen LogP contribution >= 0.6 is 0 Å². The van der Waals surface area contributed by atoms with Crippen molar-refractivity contribution >= 4 is 16.7 Å². The molecule has 6 nitrogen and oxygen atoms in total. The highest BCUT2D eigenvalue weighted by molar-refractivity contribution is 5.86. The number of imidazole rings is 1. The number of H-pyrrole nitrogens is 1. The molecule has 0 radical (unpaired) electrons. The normalized spacial score (nSPS) is 20.0. The lowest BCUT2D eigenvalue weighted by molar-refractivity contribution is 0.471. The third-order valence-corrected chi connectivity index (χ3v) is 4.78. The Bertz CT molecular complexity index is 977. The second-order valence-corrected chi connectivity index (χ2v) is 6.75. The standard InChI is InChI=1S/C19H22N6/c1-19(20-2)6-4-5-14(9-19)23-18-8-15-13(10-22-18)7-16(24-15)17-11-21-12-25(17)3/h4-8,10-12,20,24H,9H2,1-3H3,(H,22,23). The molecular weight excluding hydrogens is 312 g/mol. The summed E-state index contributed by atoms with van der Waals surface area (Å²) < 4.78 is 2.00. The third kappa shape index (κ3) is 2.96. The summed E-state index contributed by atoms with van der Waals surface area (Å²) in [6, 6.07) is 4.15. The van der Waals surface area contributed by atoms with Crippen LogP contribution in [0.15, 0.2) is 54.8 Å². The Morgan fingerprint density at radius 1 is 1.28 bits per heavy atom. The lowest BCUT2D eigenvalue weighted by atomic mass is 9.91. The quantitative estimate of drug-likeness (QED) is 0.685. The average Bonchev–Trinajstić information content (AvgIpc) is 3.20. The van der Waals surface area contributed by atoms with Gasteiger partial charge in [0.15, 0.2) is 0 Å². The maximum atomic E-state index is 4.55. The van der Waals surface area contributed by atoms with Gasteiger partial charge < -0.3 is 20.2 Å². The minimum Gasteiger partial charge on any atom is -0.353 e. The zero-order chi connectivity index (χ0) is 17.4. The number of likely N-dealkylation sites (N-methyl/N-ethyl adjacent to an activating group) is 1. The van der Waals surface area contributed by atoms with E-state index in [1.165, 1.54) is 0 Å². The molecule has 0 aromatic carbocycles. The molecule has 0 saturated heterocycles. The molecule has 0 spiro atoms. The molecule has 0 saturated carbocycles. The summed E-state index contributed by atoms with van der Waals surface area (Å²) in [4.78, 5) is 12.2. The van der Waals surface area contributed by atoms with Crippen LogP contribution in [-0.4, -0.2) is 32.1 Å². The van der Waals surface area contributed by atoms with E-state index >= 15 is 0 Å². The molecule has 0 amide bonds. The van der Waals surface area contributed by atoms with Crippen LogP contribution < -0.4 is 10.6 Å². The van der Waals surface area contributed by atoms with Crippen LogP contribution in [0.5, 0.6) is 0 Å². The molecule has 0 fully saturated rings. The first-order valence-electron chi connectivity index (χ1n) is 8.36. The number of nitrogens with zero attached hydrogens (tertiary/aromatic N) is 3. The van der Waals surface area contributed by atoms with Gasteiger partial charge in [0.2, 0.25) is 0 Å². The molecule has 3 aromatic rings. The Balaban J connectivity index is 1.61. The number of anilines is 1. The van der Waals surface area contributed by atoms with Crippen molar-refractivity contribution in [2.45, 2.75) is 18.9 Å². The number of fused-ring (bicyclic) bond motifs is 1. The van der Waals surface area contributed by atoms with Crippen LogP contribution in [0, 0.1) is 0 Å². The fraction of sp³-hybridized carbons (Fsp3) is 0.263. The van der Waals surface area contributed by atoms with Gasteiger partial charge in [-0.2, -0.15) is 0 Å². The van der Waals surface area contributed by atoms with Crippen LogP contribution in [0.3, 0.4) is 0 Å². The zero-order valence-corrected chi connectivity index (χ0v) is 14.7. The van der Waals surface area contributed by atoms with E-state index < -0.39 is 0 Å². The van der Waals surface area contributed by atoms with Gasteiger partial charge in [0.25, 0.3) is 0 Å². The van der Waals surface area contributed by atoms with Gasteiger partial charge in [-0.1, -0.05) is 12.2 Å². The first kappa shape index (κ1) is 15.7. The Kier molecular flexibility index (Phi) is 3.69. The number of pyridine rings is 1. The van der Waals surface area contributed by atoms with Gasteiger partial charge in [-0.15, -0.1) is 0 Å². The fourth-order valence-corrected chi connectivity index (χ4v) is 3.16. The summed E-state index contributed by atoms with van der Waals surface area (Å²) in [5, 5.41) is 7.87. The van der Waals surface area contributed by atoms with Crippen LogP contribution in [-0.2, 0) is 7.05 Å². The minimum atomic E-state index is -0.0275. The summed E-state index contributed by atoms with van der Waals surface area (Å²) in [7, 11) is 3.97. The van der Waals surface area contributed by atoms with Gasteiger partial charge in [0, 0.05) is 42.4 Å². The first-order chi connectivity index (χ1) is 12.1. The summed E-state index contributed by atoms with van der Waals surface area (Å²) in [5.74, 6) is 0.839. The van der Waals surface area contributed by atoms with Crippen molar-refractivity contribution in [3.63, 3.8) is 0 Å². The third-order valence-electron chi connectivity index (χ3n) is 4.78. The monoisotopic (exact) mass is 334 g/mol. The number of hydrogen-bond donors (Lipinski definition) is 3. The Hall–Kier alpha value is -2.86. The Morgan fingerprint density at radius 2 is 2.16 bits per heavy atom. The molecule has 1 atom stereocenters. The molecule has 25 heavy (non-hydrogen) atoms. The number of aromatic nitrogens is 4. The van der Waals surface area contributed by atoms with Gasteiger partial charge in [-0.3, -0.25) is 0 Å². The highest BCUT2D eigenvalue weighted by atomic mass is 15.0. The lowest BCUT2D eigenvalue weighted by Gasteiger charge is -2.29. The highest BCUT2D eigenvalue weighted by Crippen LogP contribution is 2.27. The Morgan fingerprint density at radius 3 is 2.92 bits per heavy atom. The molecule has 1 aliphatic carbocycles. The molecule has 6 heteroatoms. The van der Waals surface area contributed by atoms with Gasteiger partial charge >= 0.3 is 0 Å². The van der Waals surface area contributed by atoms with E-state index in [9.17, 15) is 0 Å². The molecular formula is C19H22N6. The number of hydrogen-bond acceptors (Lipinski definition) is 4. The van der Waals surface area contributed by atoms with Crippen molar-refractivity contribution in [3.8, 4) is 11.4 Å². The Labute approximate surface area is 146 Å². The maximum Gasteiger partial charge on any atom is 0.132 e. The average molecular weight is 334 g/mol. The van der Waals surface area contributed by atoms with Crippen LogP contribution in [0.1, 0.15) is 13.3 Å². The van der Waals surface area contributed by atoms with E-state index in [-0.39, 0.29) is 5.54 Å². The van der Waals surface area contributed by atoms with Gasteiger partial charge in [0.05, 0.1) is 29.4 Å². The maximum absolute atomic E-state index is 4.55. The van der Waals surface area contributed by atoms with E-state index in [0.29, 0.717) is 0 Å². The molecule has 128 valence electrons. The second kappa shape index (κ2) is 5.89. The number of aryl methyl sites for hydroxylation is 1. The van der Waals surface area contributed by atoms with E-state index in [1.807, 2.05) is 37.1 Å². The fourth-order valence-electron chi connectivity index (χ4n) is 3.16. The van der Waals surface area contributed by atoms with Crippen molar-refractivity contribution in [2.75, 3.05) is 12.4 Å². The smallest absolute Gasteiger partial charge is 0.132 e. The van der Waals surface area contributed by atoms with Crippen LogP contribution in [0.2, 0.25) is 0 Å². The summed E-state index contributed by atoms with van der Waals surface area (Å²) in [5.41, 5.74) is 4.26. The van der Waals surface area contributed by atoms with Crippen molar-refractivity contribution in [2.24, 2.45) is 7.05 Å². The van der Waals surface area contributed by atoms with Crippen molar-refractivity contribution < 1.29 is 0 Å². The van der Waals surface area contributed by atoms with E-state index in [2.05, 4.69) is 56.8 Å². The molecule has 1 aliphatic rings. The summed E-state index contributed by atoms with van der Waals surface area (Å²) >= 11 is 0. The van der Waals surface area contributed by atoms with Crippen LogP contribution in [0.4, 0.5) is 5.82 Å². The predicted molar refractivity (Wildman–Crippen MR) is 101 cm³/mol. The first-order valence-corrected chi connectivity index (χ1v) is 8.36. The number of rotatable bonds is 4. The largest absolute Gasteiger partial charge is 0.353 e. The topological polar surface area (TPSA) is 70.6 Å². The number of nitrogens with one attached hydrogen (secondary N) is 3. The molecule has 0 aliphatic heterocycles. The molecule has 1 unspecified atom stereocenters. The number of allylic oxidation sites excluding steroid dienone is 2. The lowest BCUT2D eigenvalue weighted by Crippen LogP contribution is -2.39. The van der Waals surface area contributed by atoms with Gasteiger partial charge in [0.1, 0.15) is 5.82 Å². The van der Waals surface area contributed by atoms with E-state index in [1.54, 1.807) is 6.33 Å². The molecule has 4 rings (SSSR count). The molecule has 0 bridgehead atoms. The van der Waals surface area contributed by atoms with Gasteiger partial charge in [-0.25, -0.2) is 9.97 Å². The molecule has 3 heterocycles. The van der Waals surface area contributed by atoms with Crippen molar-refractivity contribution in [3.05, 3.63) is 54.8 Å².